The number of aromatic nitrogens is 2. The Balaban J connectivity index is 2.13. The highest BCUT2D eigenvalue weighted by Crippen LogP contribution is 2.49. The summed E-state index contributed by atoms with van der Waals surface area (Å²) in [5.74, 6) is -0.727. The van der Waals surface area contributed by atoms with E-state index in [-0.39, 0.29) is 0 Å². The first-order chi connectivity index (χ1) is 7.24. The molecule has 0 aromatic carbocycles. The molecule has 3 rings (SSSR count). The van der Waals surface area contributed by atoms with Gasteiger partial charge in [0.05, 0.1) is 5.69 Å². The number of carboxylic acids is 1. The van der Waals surface area contributed by atoms with Gasteiger partial charge in [0.25, 0.3) is 0 Å². The molecule has 4 nitrogen and oxygen atoms in total. The Kier molecular flexibility index (Phi) is 1.63. The molecule has 0 radical (unpaired) electrons. The maximum absolute atomic E-state index is 11.2. The highest BCUT2D eigenvalue weighted by Gasteiger charge is 2.54. The number of fused-ring (bicyclic) bond motifs is 1. The summed E-state index contributed by atoms with van der Waals surface area (Å²) < 4.78 is 0. The number of carboxylic acid groups (broad SMARTS) is 1. The summed E-state index contributed by atoms with van der Waals surface area (Å²) in [6.45, 7) is 0. The Morgan fingerprint density at radius 2 is 2.13 bits per heavy atom. The van der Waals surface area contributed by atoms with Crippen molar-refractivity contribution in [1.82, 2.24) is 9.97 Å². The van der Waals surface area contributed by atoms with Gasteiger partial charge in [-0.15, -0.1) is 0 Å². The zero-order valence-corrected chi connectivity index (χ0v) is 8.36. The van der Waals surface area contributed by atoms with Gasteiger partial charge in [0.15, 0.2) is 0 Å². The second-order valence-corrected chi connectivity index (χ2v) is 4.39. The minimum atomic E-state index is -0.727. The summed E-state index contributed by atoms with van der Waals surface area (Å²) in [7, 11) is 0. The minimum Gasteiger partial charge on any atom is -0.481 e. The summed E-state index contributed by atoms with van der Waals surface area (Å²) >= 11 is 0. The smallest absolute Gasteiger partial charge is 0.315 e. The van der Waals surface area contributed by atoms with Crippen LogP contribution in [0, 0.1) is 0 Å². The van der Waals surface area contributed by atoms with Gasteiger partial charge in [-0.3, -0.25) is 4.79 Å². The topological polar surface area (TPSA) is 63.1 Å². The number of carbonyl (C=O) groups is 1. The molecule has 0 saturated heterocycles. The van der Waals surface area contributed by atoms with Crippen LogP contribution in [0.15, 0.2) is 6.33 Å². The maximum Gasteiger partial charge on any atom is 0.315 e. The molecule has 4 heteroatoms. The van der Waals surface area contributed by atoms with Gasteiger partial charge in [-0.05, 0) is 37.7 Å². The Bertz CT molecular complexity index is 438. The van der Waals surface area contributed by atoms with E-state index in [0.717, 1.165) is 49.1 Å². The fourth-order valence-electron chi connectivity index (χ4n) is 2.45. The second-order valence-electron chi connectivity index (χ2n) is 4.39. The molecule has 1 aromatic rings. The van der Waals surface area contributed by atoms with Gasteiger partial charge in [-0.2, -0.15) is 0 Å². The molecule has 1 saturated carbocycles. The van der Waals surface area contributed by atoms with Gasteiger partial charge in [0.1, 0.15) is 11.7 Å². The van der Waals surface area contributed by atoms with Crippen molar-refractivity contribution in [3.05, 3.63) is 23.3 Å². The molecule has 0 aliphatic heterocycles. The summed E-state index contributed by atoms with van der Waals surface area (Å²) in [5.41, 5.74) is 2.29. The standard InChI is InChI=1S/C11H12N2O2/c14-10(15)11(4-5-11)9-7-2-1-3-8(7)12-6-13-9/h6H,1-5H2,(H,14,15). The number of hydrogen-bond donors (Lipinski definition) is 1. The monoisotopic (exact) mass is 204 g/mol. The molecule has 0 unspecified atom stereocenters. The van der Waals surface area contributed by atoms with Crippen molar-refractivity contribution in [2.75, 3.05) is 0 Å². The molecule has 2 aliphatic rings. The molecule has 15 heavy (non-hydrogen) atoms. The van der Waals surface area contributed by atoms with E-state index in [0.29, 0.717) is 0 Å². The molecule has 1 aromatic heterocycles. The Morgan fingerprint density at radius 3 is 2.80 bits per heavy atom. The summed E-state index contributed by atoms with van der Waals surface area (Å²) in [6, 6.07) is 0. The number of hydrogen-bond acceptors (Lipinski definition) is 3. The van der Waals surface area contributed by atoms with Crippen LogP contribution >= 0.6 is 0 Å². The van der Waals surface area contributed by atoms with Crippen LogP contribution in [0.25, 0.3) is 0 Å². The molecule has 1 heterocycles. The minimum absolute atomic E-state index is 0.669. The van der Waals surface area contributed by atoms with Crippen molar-refractivity contribution in [2.45, 2.75) is 37.5 Å². The van der Waals surface area contributed by atoms with Crippen LogP contribution in [0.3, 0.4) is 0 Å². The molecule has 1 N–H and O–H groups in total. The number of nitrogens with zero attached hydrogens (tertiary/aromatic N) is 2. The van der Waals surface area contributed by atoms with Crippen LogP contribution in [0.2, 0.25) is 0 Å². The predicted molar refractivity (Wildman–Crippen MR) is 52.6 cm³/mol. The van der Waals surface area contributed by atoms with E-state index in [9.17, 15) is 9.90 Å². The van der Waals surface area contributed by atoms with Crippen LogP contribution in [-0.4, -0.2) is 21.0 Å². The van der Waals surface area contributed by atoms with E-state index >= 15 is 0 Å². The van der Waals surface area contributed by atoms with E-state index in [1.165, 1.54) is 6.33 Å². The third-order valence-electron chi connectivity index (χ3n) is 3.49. The van der Waals surface area contributed by atoms with Crippen molar-refractivity contribution < 1.29 is 9.90 Å². The summed E-state index contributed by atoms with van der Waals surface area (Å²) in [4.78, 5) is 19.7. The van der Waals surface area contributed by atoms with Crippen molar-refractivity contribution in [3.8, 4) is 0 Å². The molecular formula is C11H12N2O2. The quantitative estimate of drug-likeness (QED) is 0.783. The van der Waals surface area contributed by atoms with Crippen molar-refractivity contribution in [3.63, 3.8) is 0 Å². The molecule has 0 amide bonds. The van der Waals surface area contributed by atoms with E-state index in [1.54, 1.807) is 0 Å². The second kappa shape index (κ2) is 2.78. The highest BCUT2D eigenvalue weighted by atomic mass is 16.4. The zero-order valence-electron chi connectivity index (χ0n) is 8.36. The van der Waals surface area contributed by atoms with Gasteiger partial charge in [-0.1, -0.05) is 0 Å². The van der Waals surface area contributed by atoms with Crippen molar-refractivity contribution in [2.24, 2.45) is 0 Å². The molecule has 0 spiro atoms. The number of aliphatic carboxylic acids is 1. The number of aryl methyl sites for hydroxylation is 1. The first-order valence-electron chi connectivity index (χ1n) is 5.31. The first-order valence-corrected chi connectivity index (χ1v) is 5.31. The lowest BCUT2D eigenvalue weighted by atomic mass is 9.97. The fourth-order valence-corrected chi connectivity index (χ4v) is 2.45. The lowest BCUT2D eigenvalue weighted by Gasteiger charge is -2.12. The van der Waals surface area contributed by atoms with Gasteiger partial charge in [0, 0.05) is 5.69 Å². The van der Waals surface area contributed by atoms with E-state index in [4.69, 9.17) is 0 Å². The maximum atomic E-state index is 11.2. The fraction of sp³-hybridized carbons (Fsp3) is 0.545. The lowest BCUT2D eigenvalue weighted by molar-refractivity contribution is -0.140. The molecular weight excluding hydrogens is 192 g/mol. The Labute approximate surface area is 87.4 Å². The molecule has 2 aliphatic carbocycles. The van der Waals surface area contributed by atoms with Crippen LogP contribution in [0.4, 0.5) is 0 Å². The number of rotatable bonds is 2. The third-order valence-corrected chi connectivity index (χ3v) is 3.49. The Morgan fingerprint density at radius 1 is 1.33 bits per heavy atom. The molecule has 0 atom stereocenters. The zero-order chi connectivity index (χ0) is 10.5. The van der Waals surface area contributed by atoms with E-state index in [1.807, 2.05) is 0 Å². The summed E-state index contributed by atoms with van der Waals surface area (Å²) in [6.07, 6.45) is 5.97. The summed E-state index contributed by atoms with van der Waals surface area (Å²) in [5, 5.41) is 9.23. The normalized spacial score (nSPS) is 21.1. The third kappa shape index (κ3) is 1.11. The highest BCUT2D eigenvalue weighted by molar-refractivity contribution is 5.84. The van der Waals surface area contributed by atoms with Crippen molar-refractivity contribution >= 4 is 5.97 Å². The van der Waals surface area contributed by atoms with Crippen LogP contribution in [0.5, 0.6) is 0 Å². The van der Waals surface area contributed by atoms with Crippen LogP contribution in [-0.2, 0) is 23.1 Å². The average molecular weight is 204 g/mol. The van der Waals surface area contributed by atoms with E-state index in [2.05, 4.69) is 9.97 Å². The molecule has 78 valence electrons. The van der Waals surface area contributed by atoms with Gasteiger partial charge < -0.3 is 5.11 Å². The van der Waals surface area contributed by atoms with Gasteiger partial charge >= 0.3 is 5.97 Å². The SMILES string of the molecule is O=C(O)C1(c2ncnc3c2CCC3)CC1. The molecule has 0 bridgehead atoms. The molecule has 1 fully saturated rings. The first kappa shape index (κ1) is 8.83. The van der Waals surface area contributed by atoms with Crippen molar-refractivity contribution in [1.29, 1.82) is 0 Å². The average Bonchev–Trinajstić information content (AvgIpc) is 2.89. The van der Waals surface area contributed by atoms with Crippen LogP contribution in [0.1, 0.15) is 36.2 Å². The lowest BCUT2D eigenvalue weighted by Crippen LogP contribution is -2.23. The van der Waals surface area contributed by atoms with Gasteiger partial charge in [0.2, 0.25) is 0 Å². The predicted octanol–water partition coefficient (Wildman–Crippen LogP) is 1.08. The van der Waals surface area contributed by atoms with Gasteiger partial charge in [-0.25, -0.2) is 9.97 Å². The van der Waals surface area contributed by atoms with E-state index < -0.39 is 11.4 Å². The largest absolute Gasteiger partial charge is 0.481 e. The Hall–Kier alpha value is -1.45. The van der Waals surface area contributed by atoms with Crippen LogP contribution < -0.4 is 0 Å².